The fourth-order valence-electron chi connectivity index (χ4n) is 5.07. The predicted octanol–water partition coefficient (Wildman–Crippen LogP) is 3.63. The van der Waals surface area contributed by atoms with Crippen molar-refractivity contribution in [2.45, 2.75) is 39.7 Å². The van der Waals surface area contributed by atoms with Crippen LogP contribution in [0.4, 0.5) is 8.78 Å². The van der Waals surface area contributed by atoms with Gasteiger partial charge < -0.3 is 0 Å². The van der Waals surface area contributed by atoms with Crippen LogP contribution in [-0.2, 0) is 0 Å². The Balaban J connectivity index is 1.73. The quantitative estimate of drug-likeness (QED) is 0.741. The number of hydrogen-bond acceptors (Lipinski definition) is 2. The summed E-state index contributed by atoms with van der Waals surface area (Å²) in [5.74, 6) is -1.98. The summed E-state index contributed by atoms with van der Waals surface area (Å²) in [5.41, 5.74) is -0.591. The number of amides is 2. The van der Waals surface area contributed by atoms with Crippen LogP contribution in [0.3, 0.4) is 0 Å². The predicted molar refractivity (Wildman–Crippen MR) is 79.8 cm³/mol. The van der Waals surface area contributed by atoms with Crippen LogP contribution in [0.15, 0.2) is 12.1 Å². The molecule has 2 bridgehead atoms. The second-order valence-electron chi connectivity index (χ2n) is 7.78. The molecule has 0 saturated heterocycles. The first-order chi connectivity index (χ1) is 10.7. The topological polar surface area (TPSA) is 37.4 Å². The lowest BCUT2D eigenvalue weighted by atomic mass is 9.44. The third-order valence-electron chi connectivity index (χ3n) is 6.61. The maximum Gasteiger partial charge on any atom is 0.264 e. The zero-order chi connectivity index (χ0) is 16.7. The number of halogens is 2. The smallest absolute Gasteiger partial charge is 0.264 e. The van der Waals surface area contributed by atoms with Crippen LogP contribution in [0.1, 0.15) is 54.3 Å². The molecule has 0 spiro atoms. The van der Waals surface area contributed by atoms with Gasteiger partial charge in [-0.1, -0.05) is 20.8 Å². The molecule has 3 saturated carbocycles. The monoisotopic (exact) mass is 319 g/mol. The van der Waals surface area contributed by atoms with Crippen molar-refractivity contribution in [2.24, 2.45) is 23.2 Å². The molecule has 5 rings (SSSR count). The number of carbonyl (C=O) groups is 2. The van der Waals surface area contributed by atoms with E-state index in [1.54, 1.807) is 0 Å². The molecule has 122 valence electrons. The van der Waals surface area contributed by atoms with Gasteiger partial charge >= 0.3 is 0 Å². The van der Waals surface area contributed by atoms with E-state index in [0.717, 1.165) is 29.9 Å². The van der Waals surface area contributed by atoms with Crippen molar-refractivity contribution in [3.63, 3.8) is 0 Å². The van der Waals surface area contributed by atoms with Gasteiger partial charge in [0.25, 0.3) is 11.8 Å². The number of benzene rings is 1. The van der Waals surface area contributed by atoms with Crippen molar-refractivity contribution in [2.75, 3.05) is 0 Å². The number of imide groups is 1. The van der Waals surface area contributed by atoms with Gasteiger partial charge in [-0.2, -0.15) is 0 Å². The van der Waals surface area contributed by atoms with Crippen LogP contribution < -0.4 is 0 Å². The highest BCUT2D eigenvalue weighted by Crippen LogP contribution is 2.62. The van der Waals surface area contributed by atoms with E-state index in [2.05, 4.69) is 13.8 Å². The summed E-state index contributed by atoms with van der Waals surface area (Å²) >= 11 is 0. The van der Waals surface area contributed by atoms with Gasteiger partial charge in [-0.05, 0) is 48.1 Å². The Morgan fingerprint density at radius 3 is 2.00 bits per heavy atom. The largest absolute Gasteiger partial charge is 0.271 e. The summed E-state index contributed by atoms with van der Waals surface area (Å²) in [4.78, 5) is 26.3. The van der Waals surface area contributed by atoms with Crippen LogP contribution in [0.5, 0.6) is 0 Å². The summed E-state index contributed by atoms with van der Waals surface area (Å²) in [7, 11) is 0. The van der Waals surface area contributed by atoms with Crippen molar-refractivity contribution in [1.82, 2.24) is 4.90 Å². The van der Waals surface area contributed by atoms with Crippen molar-refractivity contribution >= 4 is 11.8 Å². The Hall–Kier alpha value is -1.78. The molecule has 4 aliphatic rings. The third-order valence-corrected chi connectivity index (χ3v) is 6.61. The number of rotatable bonds is 1. The average Bonchev–Trinajstić information content (AvgIpc) is 2.75. The number of fused-ring (bicyclic) bond motifs is 3. The summed E-state index contributed by atoms with van der Waals surface area (Å²) in [5, 5.41) is 0. The molecule has 3 aliphatic carbocycles. The first-order valence-corrected chi connectivity index (χ1v) is 8.11. The maximum absolute atomic E-state index is 14.0. The Bertz CT molecular complexity index is 702. The molecule has 1 heterocycles. The fraction of sp³-hybridized carbons (Fsp3) is 0.556. The molecule has 1 aliphatic heterocycles. The standard InChI is InChI=1S/C18H19F2NO2/c1-8-10-6-9(18(10,2)3)7-13(8)21-16(22)14-11(19)4-5-12(20)15(14)17(21)23/h4-5,8-10,13H,6-7H2,1-3H3/t8-,9+,10-,13-/m1/s1. The van der Waals surface area contributed by atoms with E-state index < -0.39 is 34.6 Å². The van der Waals surface area contributed by atoms with E-state index in [4.69, 9.17) is 0 Å². The Morgan fingerprint density at radius 2 is 1.57 bits per heavy atom. The molecular formula is C18H19F2NO2. The molecule has 3 nitrogen and oxygen atoms in total. The third kappa shape index (κ3) is 1.68. The van der Waals surface area contributed by atoms with Crippen LogP contribution in [0.25, 0.3) is 0 Å². The van der Waals surface area contributed by atoms with Crippen LogP contribution in [0, 0.1) is 34.8 Å². The van der Waals surface area contributed by atoms with Gasteiger partial charge in [-0.3, -0.25) is 14.5 Å². The van der Waals surface area contributed by atoms with Crippen molar-refractivity contribution in [3.8, 4) is 0 Å². The molecule has 0 unspecified atom stereocenters. The second-order valence-corrected chi connectivity index (χ2v) is 7.78. The summed E-state index contributed by atoms with van der Waals surface area (Å²) in [6.45, 7) is 6.49. The average molecular weight is 319 g/mol. The van der Waals surface area contributed by atoms with Gasteiger partial charge in [0.2, 0.25) is 0 Å². The molecular weight excluding hydrogens is 300 g/mol. The van der Waals surface area contributed by atoms with Crippen molar-refractivity contribution in [3.05, 3.63) is 34.9 Å². The molecule has 0 aromatic heterocycles. The summed E-state index contributed by atoms with van der Waals surface area (Å²) in [6, 6.07) is 1.56. The van der Waals surface area contributed by atoms with Crippen molar-refractivity contribution < 1.29 is 18.4 Å². The molecule has 1 aromatic rings. The zero-order valence-corrected chi connectivity index (χ0v) is 13.4. The van der Waals surface area contributed by atoms with Gasteiger partial charge in [0, 0.05) is 6.04 Å². The highest BCUT2D eigenvalue weighted by molar-refractivity contribution is 6.21. The molecule has 0 radical (unpaired) electrons. The molecule has 0 N–H and O–H groups in total. The first kappa shape index (κ1) is 14.8. The van der Waals surface area contributed by atoms with Crippen LogP contribution in [-0.4, -0.2) is 22.8 Å². The highest BCUT2D eigenvalue weighted by Gasteiger charge is 2.59. The minimum Gasteiger partial charge on any atom is -0.271 e. The second kappa shape index (κ2) is 4.40. The molecule has 5 heteroatoms. The molecule has 3 fully saturated rings. The van der Waals surface area contributed by atoms with Gasteiger partial charge in [-0.25, -0.2) is 8.78 Å². The van der Waals surface area contributed by atoms with Crippen LogP contribution in [0.2, 0.25) is 0 Å². The summed E-state index contributed by atoms with van der Waals surface area (Å²) in [6.07, 6.45) is 1.83. The van der Waals surface area contributed by atoms with E-state index in [0.29, 0.717) is 11.8 Å². The van der Waals surface area contributed by atoms with E-state index in [1.165, 1.54) is 0 Å². The molecule has 2 amide bonds. The zero-order valence-electron chi connectivity index (χ0n) is 13.4. The van der Waals surface area contributed by atoms with Crippen LogP contribution >= 0.6 is 0 Å². The fourth-order valence-corrected chi connectivity index (χ4v) is 5.07. The van der Waals surface area contributed by atoms with Gasteiger partial charge in [-0.15, -0.1) is 0 Å². The molecule has 4 atom stereocenters. The SMILES string of the molecule is C[C@H]1[C@H](N2C(=O)c3c(F)ccc(F)c3C2=O)C[C@@H]2C[C@H]1C2(C)C. The molecule has 23 heavy (non-hydrogen) atoms. The minimum atomic E-state index is -0.823. The lowest BCUT2D eigenvalue weighted by Gasteiger charge is -2.62. The first-order valence-electron chi connectivity index (χ1n) is 8.11. The number of carbonyl (C=O) groups excluding carboxylic acids is 2. The summed E-state index contributed by atoms with van der Waals surface area (Å²) < 4.78 is 27.9. The van der Waals surface area contributed by atoms with E-state index in [9.17, 15) is 18.4 Å². The van der Waals surface area contributed by atoms with Gasteiger partial charge in [0.1, 0.15) is 11.6 Å². The number of hydrogen-bond donors (Lipinski definition) is 0. The Labute approximate surface area is 133 Å². The lowest BCUT2D eigenvalue weighted by molar-refractivity contribution is -0.127. The lowest BCUT2D eigenvalue weighted by Crippen LogP contribution is -2.61. The Kier molecular flexibility index (Phi) is 2.83. The Morgan fingerprint density at radius 1 is 1.04 bits per heavy atom. The van der Waals surface area contributed by atoms with E-state index >= 15 is 0 Å². The highest BCUT2D eigenvalue weighted by atomic mass is 19.1. The normalized spacial score (nSPS) is 34.4. The number of nitrogens with zero attached hydrogens (tertiary/aromatic N) is 1. The maximum atomic E-state index is 14.0. The van der Waals surface area contributed by atoms with Gasteiger partial charge in [0.15, 0.2) is 0 Å². The minimum absolute atomic E-state index is 0.142. The van der Waals surface area contributed by atoms with Crippen molar-refractivity contribution in [1.29, 1.82) is 0 Å². The van der Waals surface area contributed by atoms with Gasteiger partial charge in [0.05, 0.1) is 11.1 Å². The van der Waals surface area contributed by atoms with E-state index in [1.807, 2.05) is 6.92 Å². The molecule has 1 aromatic carbocycles. The van der Waals surface area contributed by atoms with E-state index in [-0.39, 0.29) is 17.4 Å².